The molecule has 2 aliphatic carbocycles. The molecule has 11 heavy (non-hydrogen) atoms. The van der Waals surface area contributed by atoms with Crippen LogP contribution in [-0.4, -0.2) is 5.78 Å². The number of halogens is 3. The van der Waals surface area contributed by atoms with Gasteiger partial charge in [-0.05, 0) is 12.2 Å². The number of rotatable bonds is 0. The lowest BCUT2D eigenvalue weighted by atomic mass is 10.2. The van der Waals surface area contributed by atoms with Crippen molar-refractivity contribution in [2.45, 2.75) is 0 Å². The first-order valence-electron chi connectivity index (χ1n) is 2.74. The predicted octanol–water partition coefficient (Wildman–Crippen LogP) is -0.871. The van der Waals surface area contributed by atoms with Gasteiger partial charge in [0, 0.05) is 11.1 Å². The van der Waals surface area contributed by atoms with Gasteiger partial charge in [-0.25, -0.2) is 0 Å². The average molecular weight is 208 g/mol. The Hall–Kier alpha value is -0.240. The highest BCUT2D eigenvalue weighted by molar-refractivity contribution is 6.50. The van der Waals surface area contributed by atoms with Gasteiger partial charge >= 0.3 is 0 Å². The fourth-order valence-electron chi connectivity index (χ4n) is 1.05. The molecule has 1 nitrogen and oxygen atoms in total. The lowest BCUT2D eigenvalue weighted by molar-refractivity contribution is -0.111. The first-order chi connectivity index (χ1) is 4.72. The van der Waals surface area contributed by atoms with Crippen LogP contribution in [0.5, 0.6) is 0 Å². The van der Waals surface area contributed by atoms with E-state index < -0.39 is 0 Å². The van der Waals surface area contributed by atoms with Crippen LogP contribution in [0.1, 0.15) is 0 Å². The van der Waals surface area contributed by atoms with Gasteiger partial charge in [-0.3, -0.25) is 4.79 Å². The number of carbonyl (C=O) groups is 1. The molecule has 0 saturated carbocycles. The standard InChI is InChI=1S/C7H2Cl2O.ClH/c8-5-3-1-2-4(6(5)9)7(3)10;/h1-2H;1H/p-1. The minimum atomic E-state index is -0.0463. The molecule has 0 N–H and O–H groups in total. The van der Waals surface area contributed by atoms with E-state index in [2.05, 4.69) is 0 Å². The zero-order valence-corrected chi connectivity index (χ0v) is 7.46. The highest BCUT2D eigenvalue weighted by Crippen LogP contribution is 2.40. The molecule has 0 amide bonds. The zero-order valence-electron chi connectivity index (χ0n) is 5.20. The number of hydrogen-bond acceptors (Lipinski definition) is 1. The summed E-state index contributed by atoms with van der Waals surface area (Å²) in [5.41, 5.74) is 1.06. The number of Topliss-reactive ketones (excluding diaryl/α,β-unsaturated/α-hetero) is 1. The van der Waals surface area contributed by atoms with Gasteiger partial charge in [-0.15, -0.1) is 0 Å². The van der Waals surface area contributed by atoms with E-state index in [9.17, 15) is 4.79 Å². The SMILES string of the molecule is O=C1C2=C(Cl)C(Cl)=C1C=C2.[Cl-]. The van der Waals surface area contributed by atoms with Crippen LogP contribution < -0.4 is 12.4 Å². The molecule has 2 aliphatic rings. The summed E-state index contributed by atoms with van der Waals surface area (Å²) in [5.74, 6) is -0.0463. The highest BCUT2D eigenvalue weighted by atomic mass is 35.5. The van der Waals surface area contributed by atoms with Crippen LogP contribution in [0.4, 0.5) is 0 Å². The van der Waals surface area contributed by atoms with E-state index in [1.807, 2.05) is 0 Å². The van der Waals surface area contributed by atoms with Crippen molar-refractivity contribution >= 4 is 29.0 Å². The van der Waals surface area contributed by atoms with Gasteiger partial charge in [0.2, 0.25) is 0 Å². The van der Waals surface area contributed by atoms with Gasteiger partial charge in [0.05, 0.1) is 10.1 Å². The first kappa shape index (κ1) is 8.85. The molecule has 0 aromatic rings. The van der Waals surface area contributed by atoms with Gasteiger partial charge in [0.15, 0.2) is 5.78 Å². The summed E-state index contributed by atoms with van der Waals surface area (Å²) in [5, 5.41) is 0.785. The van der Waals surface area contributed by atoms with Crippen molar-refractivity contribution in [3.63, 3.8) is 0 Å². The molecule has 4 heteroatoms. The van der Waals surface area contributed by atoms with Crippen molar-refractivity contribution in [3.8, 4) is 0 Å². The maximum Gasteiger partial charge on any atom is 0.196 e. The van der Waals surface area contributed by atoms with Gasteiger partial charge in [-0.2, -0.15) is 0 Å². The van der Waals surface area contributed by atoms with Crippen molar-refractivity contribution in [1.82, 2.24) is 0 Å². The maximum atomic E-state index is 11.0. The second-order valence-electron chi connectivity index (χ2n) is 2.12. The summed E-state index contributed by atoms with van der Waals surface area (Å²) in [6.07, 6.45) is 3.37. The summed E-state index contributed by atoms with van der Waals surface area (Å²) in [7, 11) is 0. The fourth-order valence-corrected chi connectivity index (χ4v) is 1.55. The Morgan fingerprint density at radius 1 is 1.00 bits per heavy atom. The third-order valence-corrected chi connectivity index (χ3v) is 2.45. The summed E-state index contributed by atoms with van der Waals surface area (Å²) < 4.78 is 0. The topological polar surface area (TPSA) is 17.1 Å². The molecule has 0 unspecified atom stereocenters. The van der Waals surface area contributed by atoms with Crippen LogP contribution in [0.2, 0.25) is 0 Å². The lowest BCUT2D eigenvalue weighted by Crippen LogP contribution is -3.00. The molecule has 0 spiro atoms. The van der Waals surface area contributed by atoms with Gasteiger partial charge in [0.1, 0.15) is 0 Å². The van der Waals surface area contributed by atoms with Crippen molar-refractivity contribution in [3.05, 3.63) is 33.4 Å². The molecule has 0 saturated heterocycles. The number of fused-ring (bicyclic) bond motifs is 2. The molecule has 0 aliphatic heterocycles. The van der Waals surface area contributed by atoms with Crippen molar-refractivity contribution < 1.29 is 17.2 Å². The number of hydrogen-bond donors (Lipinski definition) is 0. The monoisotopic (exact) mass is 207 g/mol. The Morgan fingerprint density at radius 2 is 1.36 bits per heavy atom. The Kier molecular flexibility index (Phi) is 2.15. The molecule has 0 heterocycles. The van der Waals surface area contributed by atoms with Crippen molar-refractivity contribution in [2.24, 2.45) is 0 Å². The van der Waals surface area contributed by atoms with E-state index in [0.29, 0.717) is 21.2 Å². The van der Waals surface area contributed by atoms with Crippen LogP contribution in [0.3, 0.4) is 0 Å². The summed E-state index contributed by atoms with van der Waals surface area (Å²) in [6.45, 7) is 0. The summed E-state index contributed by atoms with van der Waals surface area (Å²) >= 11 is 11.3. The minimum absolute atomic E-state index is 0. The number of allylic oxidation sites excluding steroid dienone is 6. The zero-order chi connectivity index (χ0) is 7.30. The Bertz CT molecular complexity index is 293. The molecule has 0 radical (unpaired) electrons. The molecular formula is C7H2Cl3O-. The van der Waals surface area contributed by atoms with Gasteiger partial charge < -0.3 is 12.4 Å². The Morgan fingerprint density at radius 3 is 1.55 bits per heavy atom. The molecule has 0 atom stereocenters. The van der Waals surface area contributed by atoms with E-state index in [-0.39, 0.29) is 18.2 Å². The normalized spacial score (nSPS) is 20.0. The van der Waals surface area contributed by atoms with Crippen molar-refractivity contribution in [2.75, 3.05) is 0 Å². The van der Waals surface area contributed by atoms with Gasteiger partial charge in [-0.1, -0.05) is 23.2 Å². The minimum Gasteiger partial charge on any atom is -1.00 e. The maximum absolute atomic E-state index is 11.0. The second-order valence-corrected chi connectivity index (χ2v) is 2.87. The quantitative estimate of drug-likeness (QED) is 0.506. The molecule has 0 aromatic heterocycles. The predicted molar refractivity (Wildman–Crippen MR) is 39.9 cm³/mol. The molecule has 0 fully saturated rings. The fraction of sp³-hybridized carbons (Fsp3) is 0. The Labute approximate surface area is 79.8 Å². The van der Waals surface area contributed by atoms with Crippen molar-refractivity contribution in [1.29, 1.82) is 0 Å². The first-order valence-corrected chi connectivity index (χ1v) is 3.50. The second kappa shape index (κ2) is 2.67. The Balaban J connectivity index is 0.000000605. The van der Waals surface area contributed by atoms with E-state index in [4.69, 9.17) is 23.2 Å². The van der Waals surface area contributed by atoms with Crippen LogP contribution >= 0.6 is 23.2 Å². The van der Waals surface area contributed by atoms with E-state index in [0.717, 1.165) is 0 Å². The van der Waals surface area contributed by atoms with Crippen LogP contribution in [-0.2, 0) is 4.79 Å². The molecule has 58 valence electrons. The summed E-state index contributed by atoms with van der Waals surface area (Å²) in [4.78, 5) is 11.0. The number of ketones is 1. The molecular weight excluding hydrogens is 206 g/mol. The van der Waals surface area contributed by atoms with Crippen LogP contribution in [0.15, 0.2) is 33.4 Å². The van der Waals surface area contributed by atoms with E-state index >= 15 is 0 Å². The smallest absolute Gasteiger partial charge is 0.196 e. The lowest BCUT2D eigenvalue weighted by Gasteiger charge is -1.92. The molecule has 2 rings (SSSR count). The largest absolute Gasteiger partial charge is 1.00 e. The molecule has 2 bridgehead atoms. The molecule has 0 aromatic carbocycles. The summed E-state index contributed by atoms with van der Waals surface area (Å²) in [6, 6.07) is 0. The number of carbonyl (C=O) groups excluding carboxylic acids is 1. The van der Waals surface area contributed by atoms with Crippen LogP contribution in [0.25, 0.3) is 0 Å². The van der Waals surface area contributed by atoms with E-state index in [1.54, 1.807) is 12.2 Å². The third-order valence-electron chi connectivity index (χ3n) is 1.57. The average Bonchev–Trinajstić information content (AvgIpc) is 2.34. The van der Waals surface area contributed by atoms with Gasteiger partial charge in [0.25, 0.3) is 0 Å². The van der Waals surface area contributed by atoms with Crippen LogP contribution in [0, 0.1) is 0 Å². The highest BCUT2D eigenvalue weighted by Gasteiger charge is 2.31. The third kappa shape index (κ3) is 0.959. The van der Waals surface area contributed by atoms with E-state index in [1.165, 1.54) is 0 Å².